The maximum Gasteiger partial charge on any atom is 2.00 e. The predicted octanol–water partition coefficient (Wildman–Crippen LogP) is 18.2. The molecule has 0 atom stereocenters. The first kappa shape index (κ1) is 55.2. The number of unbranched alkanes of at least 4 members (excludes halogenated alkanes) is 18. The molecule has 2 aromatic carbocycles. The monoisotopic (exact) mass is 873 g/mol. The molecule has 2 nitrogen and oxygen atoms in total. The van der Waals surface area contributed by atoms with E-state index in [0.29, 0.717) is 0 Å². The summed E-state index contributed by atoms with van der Waals surface area (Å²) in [5.74, 6) is 0. The molecule has 0 saturated carbocycles. The largest absolute Gasteiger partial charge is 2.00 e. The van der Waals surface area contributed by atoms with Crippen molar-refractivity contribution in [1.29, 1.82) is 0 Å². The van der Waals surface area contributed by atoms with Crippen LogP contribution in [0.25, 0.3) is 16.9 Å². The second-order valence-electron chi connectivity index (χ2n) is 16.9. The van der Waals surface area contributed by atoms with E-state index < -0.39 is 0 Å². The molecule has 0 spiro atoms. The zero-order valence-corrected chi connectivity index (χ0v) is 40.4. The standard InChI is InChI=1S/C52H84N2.2CH3.Pd/c1-7-13-19-22-25-28-33-45-38-46(34-29-26-23-20-14-8-2)42-48(41-45)51-49(35-18-12-6)50(36-30-27-24-21-15-9-3)52(54(51)53)47-39-43(31-16-10-4)37-44(40-47)32-17-11-5;;;/h37-42H,7-36H2,1-6H3;2*1H3;/q;2*-1;+2. The van der Waals surface area contributed by atoms with Crippen LogP contribution in [0.1, 0.15) is 242 Å². The third kappa shape index (κ3) is 19.9. The minimum atomic E-state index is 0. The van der Waals surface area contributed by atoms with Gasteiger partial charge in [0.1, 0.15) is 0 Å². The molecule has 0 N–H and O–H groups in total. The van der Waals surface area contributed by atoms with Gasteiger partial charge in [-0.25, -0.2) is 4.70 Å². The van der Waals surface area contributed by atoms with Crippen molar-refractivity contribution in [3.8, 4) is 0 Å². The number of rotatable bonds is 32. The number of hydrogen-bond donors (Lipinski definition) is 0. The Balaban J connectivity index is 0.0000105. The molecule has 1 aliphatic heterocycles. The molecule has 3 rings (SSSR count). The van der Waals surface area contributed by atoms with Gasteiger partial charge in [-0.1, -0.05) is 169 Å². The Morgan fingerprint density at radius 3 is 0.912 bits per heavy atom. The smallest absolute Gasteiger partial charge is 0.493 e. The van der Waals surface area contributed by atoms with Crippen molar-refractivity contribution < 1.29 is 25.1 Å². The molecule has 0 unspecified atom stereocenters. The third-order valence-corrected chi connectivity index (χ3v) is 11.8. The van der Waals surface area contributed by atoms with E-state index in [4.69, 9.17) is 0 Å². The Hall–Kier alpha value is -1.82. The van der Waals surface area contributed by atoms with Crippen LogP contribution in [0.5, 0.6) is 0 Å². The summed E-state index contributed by atoms with van der Waals surface area (Å²) < 4.78 is 1.69. The van der Waals surface area contributed by atoms with Gasteiger partial charge in [-0.2, -0.15) is 0 Å². The van der Waals surface area contributed by atoms with Gasteiger partial charge in [0, 0.05) is 22.3 Å². The number of aryl methyl sites for hydroxylation is 4. The van der Waals surface area contributed by atoms with Crippen molar-refractivity contribution in [3.05, 3.63) is 101 Å². The van der Waals surface area contributed by atoms with Gasteiger partial charge in [-0.3, -0.25) is 0 Å². The summed E-state index contributed by atoms with van der Waals surface area (Å²) in [5, 5.41) is 0. The summed E-state index contributed by atoms with van der Waals surface area (Å²) in [6, 6.07) is 14.8. The maximum absolute atomic E-state index is 12.7. The molecule has 0 radical (unpaired) electrons. The zero-order chi connectivity index (χ0) is 38.8. The van der Waals surface area contributed by atoms with Crippen LogP contribution >= 0.6 is 0 Å². The van der Waals surface area contributed by atoms with Crippen molar-refractivity contribution in [2.45, 2.75) is 234 Å². The third-order valence-electron chi connectivity index (χ3n) is 11.8. The van der Waals surface area contributed by atoms with Crippen LogP contribution < -0.4 is 0 Å². The van der Waals surface area contributed by atoms with Crippen LogP contribution in [0.2, 0.25) is 0 Å². The van der Waals surface area contributed by atoms with Crippen molar-refractivity contribution >= 4 is 11.4 Å². The molecule has 2 aromatic rings. The van der Waals surface area contributed by atoms with Gasteiger partial charge in [0.25, 0.3) is 0 Å². The van der Waals surface area contributed by atoms with E-state index in [-0.39, 0.29) is 35.3 Å². The molecule has 1 heterocycles. The Bertz CT molecular complexity index is 1350. The van der Waals surface area contributed by atoms with Crippen molar-refractivity contribution in [1.82, 2.24) is 0 Å². The van der Waals surface area contributed by atoms with Gasteiger partial charge in [0.05, 0.1) is 0 Å². The Labute approximate surface area is 370 Å². The average molecular weight is 874 g/mol. The minimum Gasteiger partial charge on any atom is -0.493 e. The second kappa shape index (κ2) is 34.0. The van der Waals surface area contributed by atoms with Crippen molar-refractivity contribution in [3.63, 3.8) is 0 Å². The molecule has 3 heteroatoms. The Morgan fingerprint density at radius 1 is 0.333 bits per heavy atom. The molecule has 0 amide bonds. The van der Waals surface area contributed by atoms with Gasteiger partial charge < -0.3 is 20.4 Å². The summed E-state index contributed by atoms with van der Waals surface area (Å²) >= 11 is 0. The molecule has 0 fully saturated rings. The van der Waals surface area contributed by atoms with E-state index in [1.54, 1.807) is 4.70 Å². The molecular formula is C54H90N2Pd. The summed E-state index contributed by atoms with van der Waals surface area (Å²) in [4.78, 5) is 0. The van der Waals surface area contributed by atoms with Gasteiger partial charge in [-0.15, -0.1) is 0 Å². The SMILES string of the molecule is CCCCCCCCC1=C(c2cc(CCCC)cc(CCCC)c2)[N+](=[N-])C(c2cc(CCCCCCCC)cc(CCCCCCCC)c2)=C1CCCC.[CH3-].[CH3-].[Pd+2]. The Morgan fingerprint density at radius 2 is 0.579 bits per heavy atom. The van der Waals surface area contributed by atoms with Crippen LogP contribution in [0.4, 0.5) is 0 Å². The van der Waals surface area contributed by atoms with E-state index >= 15 is 0 Å². The van der Waals surface area contributed by atoms with Crippen LogP contribution in [0, 0.1) is 14.9 Å². The molecule has 0 aromatic heterocycles. The first-order chi connectivity index (χ1) is 26.5. The average Bonchev–Trinajstić information content (AvgIpc) is 3.46. The molecule has 1 aliphatic rings. The number of nitrogens with zero attached hydrogens (tertiary/aromatic N) is 2. The maximum atomic E-state index is 12.7. The molecule has 326 valence electrons. The molecular weight excluding hydrogens is 783 g/mol. The van der Waals surface area contributed by atoms with E-state index in [2.05, 4.69) is 77.9 Å². The van der Waals surface area contributed by atoms with Gasteiger partial charge >= 0.3 is 20.4 Å². The number of benzene rings is 2. The molecule has 0 aliphatic carbocycles. The van der Waals surface area contributed by atoms with Crippen LogP contribution in [0.3, 0.4) is 0 Å². The van der Waals surface area contributed by atoms with E-state index in [1.165, 1.54) is 186 Å². The second-order valence-corrected chi connectivity index (χ2v) is 16.9. The Kier molecular flexibility index (Phi) is 32.9. The molecule has 0 saturated heterocycles. The summed E-state index contributed by atoms with van der Waals surface area (Å²) in [7, 11) is 0. The molecule has 57 heavy (non-hydrogen) atoms. The topological polar surface area (TPSA) is 25.3 Å². The summed E-state index contributed by atoms with van der Waals surface area (Å²) in [6.45, 7) is 13.8. The van der Waals surface area contributed by atoms with Gasteiger partial charge in [0.2, 0.25) is 11.4 Å². The summed E-state index contributed by atoms with van der Waals surface area (Å²) in [5.41, 5.74) is 26.0. The van der Waals surface area contributed by atoms with Gasteiger partial charge in [-0.05, 0) is 124 Å². The first-order valence-corrected chi connectivity index (χ1v) is 23.7. The van der Waals surface area contributed by atoms with Crippen molar-refractivity contribution in [2.24, 2.45) is 0 Å². The fraction of sp³-hybridized carbons (Fsp3) is 0.667. The van der Waals surface area contributed by atoms with Gasteiger partial charge in [0.15, 0.2) is 0 Å². The van der Waals surface area contributed by atoms with E-state index in [0.717, 1.165) is 62.8 Å². The van der Waals surface area contributed by atoms with E-state index in [9.17, 15) is 5.53 Å². The zero-order valence-electron chi connectivity index (χ0n) is 38.9. The predicted molar refractivity (Wildman–Crippen MR) is 252 cm³/mol. The fourth-order valence-electron chi connectivity index (χ4n) is 8.58. The first-order valence-electron chi connectivity index (χ1n) is 23.7. The quantitative estimate of drug-likeness (QED) is 0.0303. The van der Waals surface area contributed by atoms with Crippen LogP contribution in [0.15, 0.2) is 47.5 Å². The molecule has 0 bridgehead atoms. The number of allylic oxidation sites excluding steroid dienone is 2. The van der Waals surface area contributed by atoms with E-state index in [1.807, 2.05) is 0 Å². The fourth-order valence-corrected chi connectivity index (χ4v) is 8.58. The minimum absolute atomic E-state index is 0. The summed E-state index contributed by atoms with van der Waals surface area (Å²) in [6.07, 6.45) is 37.4. The van der Waals surface area contributed by atoms with Crippen molar-refractivity contribution in [2.75, 3.05) is 0 Å². The van der Waals surface area contributed by atoms with Crippen LogP contribution in [-0.2, 0) is 46.1 Å². The normalized spacial score (nSPS) is 12.6. The number of hydrogen-bond acceptors (Lipinski definition) is 0. The van der Waals surface area contributed by atoms with Crippen LogP contribution in [-0.4, -0.2) is 4.70 Å².